The van der Waals surface area contributed by atoms with Crippen LogP contribution < -0.4 is 0 Å². The fourth-order valence-corrected chi connectivity index (χ4v) is 4.15. The van der Waals surface area contributed by atoms with Crippen molar-refractivity contribution in [1.29, 1.82) is 0 Å². The normalized spacial score (nSPS) is 11.1. The predicted octanol–water partition coefficient (Wildman–Crippen LogP) is 5.82. The van der Waals surface area contributed by atoms with Gasteiger partial charge in [0.15, 0.2) is 11.4 Å². The van der Waals surface area contributed by atoms with E-state index in [1.54, 1.807) is 25.3 Å². The van der Waals surface area contributed by atoms with Gasteiger partial charge in [0.1, 0.15) is 5.69 Å². The van der Waals surface area contributed by atoms with Gasteiger partial charge in [0.05, 0.1) is 36.1 Å². The fraction of sp³-hybridized carbons (Fsp3) is 0.179. The lowest BCUT2D eigenvalue weighted by atomic mass is 10.0. The zero-order valence-electron chi connectivity index (χ0n) is 19.2. The van der Waals surface area contributed by atoms with Gasteiger partial charge in [0, 0.05) is 0 Å². The number of furan rings is 1. The van der Waals surface area contributed by atoms with E-state index in [0.717, 1.165) is 17.7 Å². The van der Waals surface area contributed by atoms with Crippen LogP contribution in [0.25, 0.3) is 22.5 Å². The summed E-state index contributed by atoms with van der Waals surface area (Å²) in [7, 11) is 0. The molecule has 2 aromatic carbocycles. The van der Waals surface area contributed by atoms with Crippen molar-refractivity contribution in [2.24, 2.45) is 0 Å². The standard InChI is InChI=1S/C28H25N3O3/c1-3-33-28(32)23-17-24(25-10-7-15-34-25)29-27-26(23)19(2)30-31(27)18-22-13-11-21(12-14-22)16-20-8-5-4-6-9-20/h4-15,17H,3,16,18H2,1-2H3. The van der Waals surface area contributed by atoms with Crippen LogP contribution in [0.4, 0.5) is 0 Å². The monoisotopic (exact) mass is 451 g/mol. The highest BCUT2D eigenvalue weighted by Crippen LogP contribution is 2.28. The molecular weight excluding hydrogens is 426 g/mol. The van der Waals surface area contributed by atoms with E-state index in [4.69, 9.17) is 19.2 Å². The molecule has 0 bridgehead atoms. The molecule has 0 atom stereocenters. The summed E-state index contributed by atoms with van der Waals surface area (Å²) in [5.41, 5.74) is 6.01. The molecule has 3 aromatic heterocycles. The van der Waals surface area contributed by atoms with Gasteiger partial charge in [0.25, 0.3) is 0 Å². The largest absolute Gasteiger partial charge is 0.463 e. The number of ether oxygens (including phenoxy) is 1. The Hall–Kier alpha value is -4.19. The highest BCUT2D eigenvalue weighted by atomic mass is 16.5. The molecule has 170 valence electrons. The van der Waals surface area contributed by atoms with E-state index in [0.29, 0.717) is 41.2 Å². The number of aryl methyl sites for hydroxylation is 1. The highest BCUT2D eigenvalue weighted by Gasteiger charge is 2.22. The van der Waals surface area contributed by atoms with Crippen LogP contribution in [-0.2, 0) is 17.7 Å². The number of pyridine rings is 1. The predicted molar refractivity (Wildman–Crippen MR) is 131 cm³/mol. The molecule has 0 saturated carbocycles. The summed E-state index contributed by atoms with van der Waals surface area (Å²) in [4.78, 5) is 17.6. The first-order chi connectivity index (χ1) is 16.6. The quantitative estimate of drug-likeness (QED) is 0.292. The van der Waals surface area contributed by atoms with Crippen molar-refractivity contribution in [1.82, 2.24) is 14.8 Å². The number of benzene rings is 2. The first-order valence-electron chi connectivity index (χ1n) is 11.3. The molecule has 0 N–H and O–H groups in total. The van der Waals surface area contributed by atoms with Crippen molar-refractivity contribution in [3.05, 3.63) is 107 Å². The molecule has 5 rings (SSSR count). The number of rotatable bonds is 7. The van der Waals surface area contributed by atoms with Crippen LogP contribution in [0.1, 0.15) is 39.7 Å². The van der Waals surface area contributed by atoms with Crippen molar-refractivity contribution in [3.8, 4) is 11.5 Å². The maximum absolute atomic E-state index is 12.8. The molecule has 0 amide bonds. The first-order valence-corrected chi connectivity index (χ1v) is 11.3. The average molecular weight is 452 g/mol. The van der Waals surface area contributed by atoms with Gasteiger partial charge in [-0.05, 0) is 55.2 Å². The smallest absolute Gasteiger partial charge is 0.339 e. The lowest BCUT2D eigenvalue weighted by Gasteiger charge is -2.08. The molecule has 0 fully saturated rings. The Bertz CT molecular complexity index is 1420. The molecule has 6 heteroatoms. The Morgan fingerprint density at radius 2 is 1.71 bits per heavy atom. The van der Waals surface area contributed by atoms with Crippen LogP contribution in [0, 0.1) is 6.92 Å². The Morgan fingerprint density at radius 3 is 2.41 bits per heavy atom. The minimum Gasteiger partial charge on any atom is -0.463 e. The molecule has 34 heavy (non-hydrogen) atoms. The molecule has 0 spiro atoms. The van der Waals surface area contributed by atoms with Gasteiger partial charge in [-0.3, -0.25) is 0 Å². The maximum atomic E-state index is 12.8. The second-order valence-electron chi connectivity index (χ2n) is 8.17. The Kier molecular flexibility index (Phi) is 5.95. The van der Waals surface area contributed by atoms with Crippen LogP contribution in [0.2, 0.25) is 0 Å². The number of hydrogen-bond acceptors (Lipinski definition) is 5. The zero-order valence-corrected chi connectivity index (χ0v) is 19.2. The second-order valence-corrected chi connectivity index (χ2v) is 8.17. The van der Waals surface area contributed by atoms with E-state index < -0.39 is 5.97 Å². The SMILES string of the molecule is CCOC(=O)c1cc(-c2ccco2)nc2c1c(C)nn2Cc1ccc(Cc2ccccc2)cc1. The zero-order chi connectivity index (χ0) is 23.5. The second kappa shape index (κ2) is 9.35. The summed E-state index contributed by atoms with van der Waals surface area (Å²) >= 11 is 0. The number of esters is 1. The summed E-state index contributed by atoms with van der Waals surface area (Å²) in [5.74, 6) is 0.193. The number of aromatic nitrogens is 3. The number of fused-ring (bicyclic) bond motifs is 1. The Labute approximate surface area is 197 Å². The molecule has 3 heterocycles. The minimum absolute atomic E-state index is 0.293. The van der Waals surface area contributed by atoms with Crippen LogP contribution >= 0.6 is 0 Å². The van der Waals surface area contributed by atoms with Crippen molar-refractivity contribution < 1.29 is 13.9 Å². The van der Waals surface area contributed by atoms with E-state index >= 15 is 0 Å². The molecule has 0 saturated heterocycles. The summed E-state index contributed by atoms with van der Waals surface area (Å²) in [6.45, 7) is 4.51. The third-order valence-electron chi connectivity index (χ3n) is 5.75. The molecule has 0 aliphatic rings. The van der Waals surface area contributed by atoms with Crippen LogP contribution in [0.15, 0.2) is 83.5 Å². The van der Waals surface area contributed by atoms with Crippen molar-refractivity contribution in [2.75, 3.05) is 6.61 Å². The summed E-state index contributed by atoms with van der Waals surface area (Å²) in [5, 5.41) is 5.42. The molecule has 6 nitrogen and oxygen atoms in total. The lowest BCUT2D eigenvalue weighted by Crippen LogP contribution is -2.08. The van der Waals surface area contributed by atoms with Crippen LogP contribution in [0.5, 0.6) is 0 Å². The van der Waals surface area contributed by atoms with Gasteiger partial charge in [-0.25, -0.2) is 14.5 Å². The van der Waals surface area contributed by atoms with Gasteiger partial charge < -0.3 is 9.15 Å². The molecule has 0 radical (unpaired) electrons. The van der Waals surface area contributed by atoms with Gasteiger partial charge in [-0.15, -0.1) is 0 Å². The fourth-order valence-electron chi connectivity index (χ4n) is 4.15. The Balaban J connectivity index is 1.50. The molecular formula is C28H25N3O3. The van der Waals surface area contributed by atoms with E-state index in [1.165, 1.54) is 11.1 Å². The summed E-state index contributed by atoms with van der Waals surface area (Å²) in [6, 6.07) is 24.3. The van der Waals surface area contributed by atoms with E-state index in [2.05, 4.69) is 48.5 Å². The number of carbonyl (C=O) groups is 1. The summed E-state index contributed by atoms with van der Waals surface area (Å²) in [6.07, 6.45) is 2.48. The van der Waals surface area contributed by atoms with Crippen LogP contribution in [-0.4, -0.2) is 27.3 Å². The molecule has 0 aliphatic heterocycles. The van der Waals surface area contributed by atoms with E-state index in [9.17, 15) is 4.79 Å². The first kappa shape index (κ1) is 21.6. The van der Waals surface area contributed by atoms with Gasteiger partial charge in [-0.2, -0.15) is 5.10 Å². The number of hydrogen-bond donors (Lipinski definition) is 0. The number of nitrogens with zero attached hydrogens (tertiary/aromatic N) is 3. The van der Waals surface area contributed by atoms with Crippen LogP contribution in [0.3, 0.4) is 0 Å². The molecule has 5 aromatic rings. The molecule has 0 aliphatic carbocycles. The topological polar surface area (TPSA) is 70.2 Å². The third kappa shape index (κ3) is 4.35. The van der Waals surface area contributed by atoms with E-state index in [-0.39, 0.29) is 0 Å². The minimum atomic E-state index is -0.393. The average Bonchev–Trinajstić information content (AvgIpc) is 3.49. The van der Waals surface area contributed by atoms with Gasteiger partial charge in [-0.1, -0.05) is 54.6 Å². The van der Waals surface area contributed by atoms with Crippen molar-refractivity contribution in [2.45, 2.75) is 26.8 Å². The van der Waals surface area contributed by atoms with Gasteiger partial charge in [0.2, 0.25) is 0 Å². The van der Waals surface area contributed by atoms with Crippen molar-refractivity contribution >= 4 is 17.0 Å². The van der Waals surface area contributed by atoms with E-state index in [1.807, 2.05) is 23.7 Å². The third-order valence-corrected chi connectivity index (χ3v) is 5.75. The molecule has 0 unspecified atom stereocenters. The maximum Gasteiger partial charge on any atom is 0.339 e. The number of carbonyl (C=O) groups excluding carboxylic acids is 1. The van der Waals surface area contributed by atoms with Gasteiger partial charge >= 0.3 is 5.97 Å². The lowest BCUT2D eigenvalue weighted by molar-refractivity contribution is 0.0528. The highest BCUT2D eigenvalue weighted by molar-refractivity contribution is 6.04. The Morgan fingerprint density at radius 1 is 0.971 bits per heavy atom. The summed E-state index contributed by atoms with van der Waals surface area (Å²) < 4.78 is 12.7. The van der Waals surface area contributed by atoms with Crippen molar-refractivity contribution in [3.63, 3.8) is 0 Å².